The second-order valence-electron chi connectivity index (χ2n) is 7.44. The molecule has 1 aliphatic heterocycles. The van der Waals surface area contributed by atoms with Crippen LogP contribution < -0.4 is 15.2 Å². The first-order valence-electron chi connectivity index (χ1n) is 10.2. The number of carbonyl (C=O) groups is 2. The summed E-state index contributed by atoms with van der Waals surface area (Å²) < 4.78 is 6.52. The zero-order valence-electron chi connectivity index (χ0n) is 17.4. The van der Waals surface area contributed by atoms with Crippen molar-refractivity contribution in [2.24, 2.45) is 0 Å². The molecule has 0 bridgehead atoms. The van der Waals surface area contributed by atoms with Crippen LogP contribution in [0.4, 0.5) is 5.69 Å². The molecule has 0 unspecified atom stereocenters. The van der Waals surface area contributed by atoms with Gasteiger partial charge in [0.25, 0.3) is 11.5 Å². The molecule has 0 radical (unpaired) electrons. The number of hydrogen-bond donors (Lipinski definition) is 0. The van der Waals surface area contributed by atoms with Crippen molar-refractivity contribution in [1.82, 2.24) is 15.0 Å². The van der Waals surface area contributed by atoms with E-state index in [-0.39, 0.29) is 30.4 Å². The second kappa shape index (κ2) is 8.44. The van der Waals surface area contributed by atoms with E-state index in [0.717, 1.165) is 15.1 Å². The van der Waals surface area contributed by atoms with Gasteiger partial charge >= 0.3 is 0 Å². The quantitative estimate of drug-likeness (QED) is 0.325. The number of hydrogen-bond acceptors (Lipinski definition) is 7. The zero-order valence-corrected chi connectivity index (χ0v) is 18.2. The van der Waals surface area contributed by atoms with Crippen molar-refractivity contribution in [1.29, 1.82) is 0 Å². The van der Waals surface area contributed by atoms with Crippen molar-refractivity contribution >= 4 is 38.9 Å². The summed E-state index contributed by atoms with van der Waals surface area (Å²) in [6, 6.07) is 16.3. The van der Waals surface area contributed by atoms with Crippen LogP contribution in [-0.2, 0) is 11.3 Å². The van der Waals surface area contributed by atoms with E-state index in [9.17, 15) is 14.4 Å². The van der Waals surface area contributed by atoms with Crippen LogP contribution in [0, 0.1) is 0 Å². The van der Waals surface area contributed by atoms with E-state index < -0.39 is 0 Å². The molecule has 0 spiro atoms. The fourth-order valence-corrected chi connectivity index (χ4v) is 4.64. The van der Waals surface area contributed by atoms with E-state index in [2.05, 4.69) is 16.9 Å². The van der Waals surface area contributed by atoms with Crippen LogP contribution in [0.25, 0.3) is 20.7 Å². The number of anilines is 1. The van der Waals surface area contributed by atoms with Crippen molar-refractivity contribution in [3.8, 4) is 16.2 Å². The largest absolute Gasteiger partial charge is 0.482 e. The minimum Gasteiger partial charge on any atom is -0.482 e. The third kappa shape index (κ3) is 3.83. The monoisotopic (exact) mass is 458 g/mol. The van der Waals surface area contributed by atoms with Crippen molar-refractivity contribution in [3.05, 3.63) is 83.2 Å². The highest BCUT2D eigenvalue weighted by molar-refractivity contribution is 7.21. The molecule has 5 rings (SSSR count). The average molecular weight is 458 g/mol. The molecular formula is C24H18N4O4S. The lowest BCUT2D eigenvalue weighted by Gasteiger charge is -2.28. The maximum Gasteiger partial charge on any atom is 0.278 e. The van der Waals surface area contributed by atoms with Gasteiger partial charge in [-0.3, -0.25) is 14.4 Å². The number of nitrogens with zero attached hydrogens (tertiary/aromatic N) is 4. The maximum absolute atomic E-state index is 13.0. The molecule has 0 aliphatic carbocycles. The lowest BCUT2D eigenvalue weighted by atomic mass is 10.1. The summed E-state index contributed by atoms with van der Waals surface area (Å²) in [6.07, 6.45) is 1.61. The molecule has 9 heteroatoms. The van der Waals surface area contributed by atoms with Gasteiger partial charge in [-0.25, -0.2) is 4.68 Å². The van der Waals surface area contributed by atoms with E-state index in [0.29, 0.717) is 33.8 Å². The Morgan fingerprint density at radius 2 is 1.97 bits per heavy atom. The topological polar surface area (TPSA) is 94.4 Å². The highest BCUT2D eigenvalue weighted by Crippen LogP contribution is 2.33. The summed E-state index contributed by atoms with van der Waals surface area (Å²) in [7, 11) is 0. The Kier molecular flexibility index (Phi) is 5.31. The fourth-order valence-electron chi connectivity index (χ4n) is 3.66. The fraction of sp³-hybridized carbons (Fsp3) is 0.125. The molecule has 1 aliphatic rings. The third-order valence-electron chi connectivity index (χ3n) is 5.31. The minimum absolute atomic E-state index is 0.0647. The van der Waals surface area contributed by atoms with Gasteiger partial charge in [0.05, 0.1) is 11.1 Å². The first-order valence-corrected chi connectivity index (χ1v) is 11.0. The maximum atomic E-state index is 13.0. The summed E-state index contributed by atoms with van der Waals surface area (Å²) in [5.41, 5.74) is 1.44. The first kappa shape index (κ1) is 20.8. The highest BCUT2D eigenvalue weighted by atomic mass is 32.1. The van der Waals surface area contributed by atoms with E-state index in [1.807, 2.05) is 30.3 Å². The Hall–Kier alpha value is -4.11. The molecule has 0 fully saturated rings. The Bertz CT molecular complexity index is 1460. The van der Waals surface area contributed by atoms with Crippen molar-refractivity contribution < 1.29 is 14.3 Å². The van der Waals surface area contributed by atoms with Crippen molar-refractivity contribution in [2.45, 2.75) is 6.54 Å². The SMILES string of the molecule is C=CCN1C(=O)COc2ccc(C(=O)Cn3nnc4sc(-c5ccccc5)cc4c3=O)cc21. The van der Waals surface area contributed by atoms with Gasteiger partial charge in [0.1, 0.15) is 12.3 Å². The lowest BCUT2D eigenvalue weighted by molar-refractivity contribution is -0.121. The molecule has 2 aromatic heterocycles. The molecule has 0 N–H and O–H groups in total. The zero-order chi connectivity index (χ0) is 22.9. The Labute approximate surface area is 192 Å². The Balaban J connectivity index is 1.45. The van der Waals surface area contributed by atoms with Gasteiger partial charge in [-0.15, -0.1) is 23.0 Å². The summed E-state index contributed by atoms with van der Waals surface area (Å²) in [5.74, 6) is -0.0343. The van der Waals surface area contributed by atoms with Crippen LogP contribution in [0.15, 0.2) is 72.0 Å². The van der Waals surface area contributed by atoms with E-state index >= 15 is 0 Å². The minimum atomic E-state index is -0.378. The molecule has 3 heterocycles. The number of ether oxygens (including phenoxy) is 1. The number of aromatic nitrogens is 3. The molecule has 2 aromatic carbocycles. The summed E-state index contributed by atoms with van der Waals surface area (Å²) >= 11 is 1.38. The van der Waals surface area contributed by atoms with Crippen molar-refractivity contribution in [2.75, 3.05) is 18.1 Å². The number of rotatable bonds is 6. The summed E-state index contributed by atoms with van der Waals surface area (Å²) in [4.78, 5) is 41.1. The van der Waals surface area contributed by atoms with Gasteiger partial charge in [0, 0.05) is 17.0 Å². The average Bonchev–Trinajstić information content (AvgIpc) is 3.28. The van der Waals surface area contributed by atoms with E-state index in [1.54, 1.807) is 30.3 Å². The Morgan fingerprint density at radius 3 is 2.76 bits per heavy atom. The predicted molar refractivity (Wildman–Crippen MR) is 126 cm³/mol. The predicted octanol–water partition coefficient (Wildman–Crippen LogP) is 3.31. The summed E-state index contributed by atoms with van der Waals surface area (Å²) in [5, 5.41) is 8.53. The van der Waals surface area contributed by atoms with Crippen LogP contribution >= 0.6 is 11.3 Å². The normalized spacial score (nSPS) is 13.0. The molecule has 33 heavy (non-hydrogen) atoms. The van der Waals surface area contributed by atoms with E-state index in [1.165, 1.54) is 16.2 Å². The van der Waals surface area contributed by atoms with Gasteiger partial charge in [0.2, 0.25) is 0 Å². The molecule has 4 aromatic rings. The molecule has 0 atom stereocenters. The molecule has 0 saturated heterocycles. The molecular weight excluding hydrogens is 440 g/mol. The van der Waals surface area contributed by atoms with Gasteiger partial charge < -0.3 is 9.64 Å². The van der Waals surface area contributed by atoms with Gasteiger partial charge in [-0.2, -0.15) is 0 Å². The van der Waals surface area contributed by atoms with Gasteiger partial charge in [-0.1, -0.05) is 41.6 Å². The molecule has 8 nitrogen and oxygen atoms in total. The van der Waals surface area contributed by atoms with Crippen LogP contribution in [-0.4, -0.2) is 39.8 Å². The van der Waals surface area contributed by atoms with E-state index in [4.69, 9.17) is 4.74 Å². The van der Waals surface area contributed by atoms with Gasteiger partial charge in [0.15, 0.2) is 17.2 Å². The Morgan fingerprint density at radius 1 is 1.15 bits per heavy atom. The van der Waals surface area contributed by atoms with Crippen molar-refractivity contribution in [3.63, 3.8) is 0 Å². The number of benzene rings is 2. The molecule has 0 saturated carbocycles. The number of ketones is 1. The standard InChI is InChI=1S/C24H18N4O4S/c1-2-10-27-18-11-16(8-9-20(18)32-14-22(27)30)19(29)13-28-24(31)17-12-21(33-23(17)25-26-28)15-6-4-3-5-7-15/h2-9,11-12H,1,10,13-14H2. The van der Waals surface area contributed by atoms with Crippen LogP contribution in [0.5, 0.6) is 5.75 Å². The summed E-state index contributed by atoms with van der Waals surface area (Å²) in [6.45, 7) is 3.64. The first-order chi connectivity index (χ1) is 16.0. The smallest absolute Gasteiger partial charge is 0.278 e. The molecule has 164 valence electrons. The second-order valence-corrected chi connectivity index (χ2v) is 8.47. The number of fused-ring (bicyclic) bond motifs is 2. The van der Waals surface area contributed by atoms with Crippen LogP contribution in [0.2, 0.25) is 0 Å². The number of carbonyl (C=O) groups excluding carboxylic acids is 2. The number of thiophene rings is 1. The van der Waals surface area contributed by atoms with Crippen LogP contribution in [0.1, 0.15) is 10.4 Å². The molecule has 1 amide bonds. The highest BCUT2D eigenvalue weighted by Gasteiger charge is 2.26. The number of amides is 1. The third-order valence-corrected chi connectivity index (χ3v) is 6.38. The van der Waals surface area contributed by atoms with Gasteiger partial charge in [-0.05, 0) is 29.8 Å². The number of Topliss-reactive ketones (excluding diaryl/α,β-unsaturated/α-hetero) is 1. The lowest BCUT2D eigenvalue weighted by Crippen LogP contribution is -2.39. The van der Waals surface area contributed by atoms with Crippen LogP contribution in [0.3, 0.4) is 0 Å².